The molecule has 4 N–H and O–H groups in total. The molecule has 0 unspecified atom stereocenters. The van der Waals surface area contributed by atoms with Crippen molar-refractivity contribution in [1.29, 1.82) is 5.26 Å². The number of carboxylic acids is 1. The summed E-state index contributed by atoms with van der Waals surface area (Å²) in [4.78, 5) is 29.3. The molecule has 184 valence electrons. The number of aliphatic imine (C=N–C) groups is 1. The predicted molar refractivity (Wildman–Crippen MR) is 139 cm³/mol. The number of anilines is 1. The van der Waals surface area contributed by atoms with Gasteiger partial charge in [-0.1, -0.05) is 39.0 Å². The molecule has 10 nitrogen and oxygen atoms in total. The Bertz CT molecular complexity index is 1350. The summed E-state index contributed by atoms with van der Waals surface area (Å²) in [6.07, 6.45) is 1.49. The van der Waals surface area contributed by atoms with Crippen molar-refractivity contribution in [2.24, 2.45) is 15.9 Å². The Morgan fingerprint density at radius 1 is 1.19 bits per heavy atom. The van der Waals surface area contributed by atoms with Crippen LogP contribution in [-0.4, -0.2) is 44.0 Å². The zero-order valence-corrected chi connectivity index (χ0v) is 20.6. The van der Waals surface area contributed by atoms with E-state index in [9.17, 15) is 15.2 Å². The highest BCUT2D eigenvalue weighted by molar-refractivity contribution is 6.37. The van der Waals surface area contributed by atoms with Crippen molar-refractivity contribution in [1.82, 2.24) is 15.0 Å². The quantitative estimate of drug-likeness (QED) is 0.248. The third-order valence-corrected chi connectivity index (χ3v) is 5.17. The van der Waals surface area contributed by atoms with Gasteiger partial charge in [-0.15, -0.1) is 0 Å². The summed E-state index contributed by atoms with van der Waals surface area (Å²) >= 11 is 0. The molecule has 1 atom stereocenters. The number of nitrogens with zero attached hydrogens (tertiary/aromatic N) is 6. The molecule has 36 heavy (non-hydrogen) atoms. The number of rotatable bonds is 8. The van der Waals surface area contributed by atoms with Crippen molar-refractivity contribution in [2.45, 2.75) is 45.7 Å². The number of nitrogens with two attached hydrogens (primary N) is 1. The summed E-state index contributed by atoms with van der Waals surface area (Å²) < 4.78 is 0. The van der Waals surface area contributed by atoms with Crippen LogP contribution < -0.4 is 11.2 Å². The zero-order chi connectivity index (χ0) is 26.3. The van der Waals surface area contributed by atoms with Crippen molar-refractivity contribution in [2.75, 3.05) is 5.32 Å². The number of carboxylic acid groups (broad SMARTS) is 1. The maximum atomic E-state index is 11.4. The molecule has 0 radical (unpaired) electrons. The number of hydrogen-bond donors (Lipinski definition) is 3. The largest absolute Gasteiger partial charge is 0.480 e. The van der Waals surface area contributed by atoms with E-state index in [0.29, 0.717) is 29.1 Å². The molecular formula is C26H28N8O2. The van der Waals surface area contributed by atoms with Crippen LogP contribution in [0.5, 0.6) is 0 Å². The van der Waals surface area contributed by atoms with Gasteiger partial charge in [0.05, 0.1) is 41.5 Å². The second-order valence-electron chi connectivity index (χ2n) is 9.11. The molecule has 2 aromatic heterocycles. The van der Waals surface area contributed by atoms with E-state index in [-0.39, 0.29) is 17.1 Å². The maximum Gasteiger partial charge on any atom is 0.325 e. The van der Waals surface area contributed by atoms with Crippen LogP contribution >= 0.6 is 0 Å². The Morgan fingerprint density at radius 3 is 2.61 bits per heavy atom. The molecule has 0 fully saturated rings. The van der Waals surface area contributed by atoms with Gasteiger partial charge in [0.1, 0.15) is 11.8 Å². The first-order valence-corrected chi connectivity index (χ1v) is 11.2. The van der Waals surface area contributed by atoms with Crippen LogP contribution in [0, 0.1) is 11.3 Å². The molecule has 0 aliphatic heterocycles. The van der Waals surface area contributed by atoms with Crippen LogP contribution in [0.4, 0.5) is 5.95 Å². The molecule has 0 saturated carbocycles. The first-order chi connectivity index (χ1) is 17.1. The molecule has 0 spiro atoms. The minimum Gasteiger partial charge on any atom is -0.480 e. The highest BCUT2D eigenvalue weighted by Gasteiger charge is 2.17. The second kappa shape index (κ2) is 11.2. The fourth-order valence-corrected chi connectivity index (χ4v) is 3.17. The third-order valence-electron chi connectivity index (χ3n) is 5.17. The highest BCUT2D eigenvalue weighted by atomic mass is 16.4. The Hall–Kier alpha value is -4.65. The molecule has 1 aromatic carbocycles. The van der Waals surface area contributed by atoms with Crippen LogP contribution in [0.15, 0.2) is 58.6 Å². The van der Waals surface area contributed by atoms with Crippen LogP contribution in [-0.2, 0) is 16.8 Å². The topological polar surface area (TPSA) is 163 Å². The Balaban J connectivity index is 1.95. The van der Waals surface area contributed by atoms with Gasteiger partial charge in [-0.05, 0) is 37.3 Å². The summed E-state index contributed by atoms with van der Waals surface area (Å²) in [6.45, 7) is 8.07. The summed E-state index contributed by atoms with van der Waals surface area (Å²) in [5.74, 6) is 4.68. The SMILES string of the molecule is C[C@@H](Nc1nc(/C(C=NCc2cccc(C(C)(C)C)n2)=N/N)cc(-c2cccc(C#N)c2)n1)C(=O)O. The first kappa shape index (κ1) is 26.0. The lowest BCUT2D eigenvalue weighted by molar-refractivity contribution is -0.137. The van der Waals surface area contributed by atoms with Gasteiger partial charge in [-0.25, -0.2) is 9.97 Å². The van der Waals surface area contributed by atoms with E-state index in [1.54, 1.807) is 30.3 Å². The number of nitrogens with one attached hydrogen (secondary N) is 1. The number of hydrogen-bond acceptors (Lipinski definition) is 9. The summed E-state index contributed by atoms with van der Waals surface area (Å²) in [5.41, 5.74) is 3.86. The normalized spacial score (nSPS) is 12.8. The van der Waals surface area contributed by atoms with Gasteiger partial charge in [-0.2, -0.15) is 10.4 Å². The monoisotopic (exact) mass is 484 g/mol. The Morgan fingerprint density at radius 2 is 1.94 bits per heavy atom. The smallest absolute Gasteiger partial charge is 0.325 e. The van der Waals surface area contributed by atoms with Gasteiger partial charge < -0.3 is 16.3 Å². The minimum absolute atomic E-state index is 0.0776. The third kappa shape index (κ3) is 6.70. The van der Waals surface area contributed by atoms with Crippen LogP contribution in [0.2, 0.25) is 0 Å². The number of hydrazone groups is 1. The lowest BCUT2D eigenvalue weighted by Crippen LogP contribution is -2.27. The average molecular weight is 485 g/mol. The predicted octanol–water partition coefficient (Wildman–Crippen LogP) is 3.53. The second-order valence-corrected chi connectivity index (χ2v) is 9.11. The molecule has 0 amide bonds. The number of benzene rings is 1. The molecule has 0 aliphatic rings. The van der Waals surface area contributed by atoms with Crippen molar-refractivity contribution < 1.29 is 9.90 Å². The Labute approximate surface area is 209 Å². The van der Waals surface area contributed by atoms with E-state index in [0.717, 1.165) is 11.4 Å². The molecule has 0 bridgehead atoms. The van der Waals surface area contributed by atoms with Gasteiger partial charge >= 0.3 is 5.97 Å². The molecule has 0 saturated heterocycles. The van der Waals surface area contributed by atoms with Gasteiger partial charge in [0, 0.05) is 16.7 Å². The van der Waals surface area contributed by atoms with Crippen molar-refractivity contribution >= 4 is 23.8 Å². The number of nitriles is 1. The maximum absolute atomic E-state index is 11.4. The van der Waals surface area contributed by atoms with Crippen molar-refractivity contribution in [3.8, 4) is 17.3 Å². The molecule has 3 aromatic rings. The molecule has 2 heterocycles. The van der Waals surface area contributed by atoms with Crippen molar-refractivity contribution in [3.63, 3.8) is 0 Å². The number of carbonyl (C=O) groups is 1. The number of pyridine rings is 1. The van der Waals surface area contributed by atoms with Crippen molar-refractivity contribution in [3.05, 3.63) is 71.2 Å². The zero-order valence-electron chi connectivity index (χ0n) is 20.6. The molecule has 3 rings (SSSR count). The van der Waals surface area contributed by atoms with E-state index >= 15 is 0 Å². The lowest BCUT2D eigenvalue weighted by atomic mass is 9.91. The summed E-state index contributed by atoms with van der Waals surface area (Å²) in [7, 11) is 0. The standard InChI is InChI=1S/C26H28N8O2/c1-16(24(35)36)30-25-32-20(18-8-5-7-17(11-18)13-27)12-21(33-25)22(34-28)15-29-14-19-9-6-10-23(31-19)26(2,3)4/h5-12,15-16H,14,28H2,1-4H3,(H,35,36)(H,30,32,33)/b29-15?,34-22+/t16-/m1/s1. The summed E-state index contributed by atoms with van der Waals surface area (Å²) in [5, 5.41) is 25.1. The average Bonchev–Trinajstić information content (AvgIpc) is 2.86. The van der Waals surface area contributed by atoms with Gasteiger partial charge in [0.25, 0.3) is 0 Å². The fourth-order valence-electron chi connectivity index (χ4n) is 3.17. The summed E-state index contributed by atoms with van der Waals surface area (Å²) in [6, 6.07) is 15.5. The van der Waals surface area contributed by atoms with Crippen LogP contribution in [0.3, 0.4) is 0 Å². The Kier molecular flexibility index (Phi) is 8.07. The molecular weight excluding hydrogens is 456 g/mol. The van der Waals surface area contributed by atoms with E-state index in [4.69, 9.17) is 5.84 Å². The first-order valence-electron chi connectivity index (χ1n) is 11.2. The van der Waals surface area contributed by atoms with Crippen LogP contribution in [0.25, 0.3) is 11.3 Å². The minimum atomic E-state index is -1.06. The van der Waals surface area contributed by atoms with E-state index in [2.05, 4.69) is 57.2 Å². The number of aromatic nitrogens is 3. The van der Waals surface area contributed by atoms with Gasteiger partial charge in [0.2, 0.25) is 5.95 Å². The van der Waals surface area contributed by atoms with Crippen LogP contribution in [0.1, 0.15) is 50.3 Å². The van der Waals surface area contributed by atoms with E-state index < -0.39 is 12.0 Å². The van der Waals surface area contributed by atoms with E-state index in [1.807, 2.05) is 18.2 Å². The van der Waals surface area contributed by atoms with Gasteiger partial charge in [0.15, 0.2) is 0 Å². The van der Waals surface area contributed by atoms with Gasteiger partial charge in [-0.3, -0.25) is 14.8 Å². The number of aliphatic carboxylic acids is 1. The van der Waals surface area contributed by atoms with E-state index in [1.165, 1.54) is 13.1 Å². The fraction of sp³-hybridized carbons (Fsp3) is 0.269. The highest BCUT2D eigenvalue weighted by Crippen LogP contribution is 2.22. The molecule has 0 aliphatic carbocycles. The molecule has 10 heteroatoms. The lowest BCUT2D eigenvalue weighted by Gasteiger charge is -2.17.